The zero-order chi connectivity index (χ0) is 26.1. The molecule has 1 aromatic carbocycles. The molecule has 0 aromatic heterocycles. The van der Waals surface area contributed by atoms with Gasteiger partial charge in [-0.1, -0.05) is 6.07 Å². The fourth-order valence-electron chi connectivity index (χ4n) is 3.63. The normalized spacial score (nSPS) is 14.9. The number of carbonyl (C=O) groups excluding carboxylic acids is 3. The Bertz CT molecular complexity index is 981. The van der Waals surface area contributed by atoms with Crippen molar-refractivity contribution in [2.24, 2.45) is 5.92 Å². The molecule has 0 saturated carbocycles. The first-order valence-corrected chi connectivity index (χ1v) is 13.4. The maximum Gasteiger partial charge on any atom is 0.410 e. The SMILES string of the molecule is CCOC(=O)CCNC(=O)c1cccc(S(=O)(=O)NCCC2CCN(C(=O)OC(C)(C)C)CC2)c1. The van der Waals surface area contributed by atoms with Crippen molar-refractivity contribution in [3.63, 3.8) is 0 Å². The molecule has 0 bridgehead atoms. The van der Waals surface area contributed by atoms with E-state index in [0.29, 0.717) is 25.4 Å². The van der Waals surface area contributed by atoms with Crippen LogP contribution in [0.3, 0.4) is 0 Å². The van der Waals surface area contributed by atoms with Crippen LogP contribution < -0.4 is 10.0 Å². The number of rotatable bonds is 10. The minimum Gasteiger partial charge on any atom is -0.466 e. The Morgan fingerprint density at radius 1 is 1.11 bits per heavy atom. The molecule has 0 aliphatic carbocycles. The second-order valence-corrected chi connectivity index (χ2v) is 11.2. The zero-order valence-electron chi connectivity index (χ0n) is 21.0. The number of nitrogens with zero attached hydrogens (tertiary/aromatic N) is 1. The first-order valence-electron chi connectivity index (χ1n) is 11.9. The van der Waals surface area contributed by atoms with Crippen molar-refractivity contribution < 1.29 is 32.3 Å². The van der Waals surface area contributed by atoms with Crippen LogP contribution >= 0.6 is 0 Å². The van der Waals surface area contributed by atoms with Crippen LogP contribution in [0.25, 0.3) is 0 Å². The molecule has 2 amide bonds. The number of nitrogens with one attached hydrogen (secondary N) is 2. The van der Waals surface area contributed by atoms with E-state index in [1.165, 1.54) is 24.3 Å². The molecule has 11 heteroatoms. The van der Waals surface area contributed by atoms with E-state index in [0.717, 1.165) is 12.8 Å². The third-order valence-electron chi connectivity index (χ3n) is 5.44. The topological polar surface area (TPSA) is 131 Å². The monoisotopic (exact) mass is 511 g/mol. The molecule has 1 fully saturated rings. The van der Waals surface area contributed by atoms with Crippen molar-refractivity contribution in [2.75, 3.05) is 32.8 Å². The Balaban J connectivity index is 1.80. The molecule has 2 rings (SSSR count). The lowest BCUT2D eigenvalue weighted by Gasteiger charge is -2.33. The third kappa shape index (κ3) is 9.85. The highest BCUT2D eigenvalue weighted by Crippen LogP contribution is 2.22. The fraction of sp³-hybridized carbons (Fsp3) is 0.625. The van der Waals surface area contributed by atoms with E-state index in [9.17, 15) is 22.8 Å². The lowest BCUT2D eigenvalue weighted by Crippen LogP contribution is -2.42. The molecule has 0 atom stereocenters. The van der Waals surface area contributed by atoms with Gasteiger partial charge in [0, 0.05) is 31.7 Å². The summed E-state index contributed by atoms with van der Waals surface area (Å²) in [6, 6.07) is 5.75. The Morgan fingerprint density at radius 3 is 2.43 bits per heavy atom. The molecule has 1 saturated heterocycles. The van der Waals surface area contributed by atoms with Gasteiger partial charge in [0.15, 0.2) is 0 Å². The second-order valence-electron chi connectivity index (χ2n) is 9.44. The highest BCUT2D eigenvalue weighted by molar-refractivity contribution is 7.89. The number of sulfonamides is 1. The minimum atomic E-state index is -3.79. The number of benzene rings is 1. The van der Waals surface area contributed by atoms with Gasteiger partial charge in [-0.2, -0.15) is 0 Å². The average Bonchev–Trinajstić information content (AvgIpc) is 2.78. The number of hydrogen-bond donors (Lipinski definition) is 2. The molecule has 1 aliphatic heterocycles. The molecule has 1 heterocycles. The van der Waals surface area contributed by atoms with Gasteiger partial charge in [-0.05, 0) is 71.1 Å². The number of esters is 1. The minimum absolute atomic E-state index is 0.00436. The smallest absolute Gasteiger partial charge is 0.410 e. The van der Waals surface area contributed by atoms with E-state index < -0.39 is 27.5 Å². The van der Waals surface area contributed by atoms with Gasteiger partial charge in [-0.25, -0.2) is 17.9 Å². The molecule has 196 valence electrons. The number of amides is 2. The van der Waals surface area contributed by atoms with Gasteiger partial charge in [0.05, 0.1) is 17.9 Å². The van der Waals surface area contributed by atoms with Crippen LogP contribution in [0.1, 0.15) is 63.7 Å². The fourth-order valence-corrected chi connectivity index (χ4v) is 4.72. The summed E-state index contributed by atoms with van der Waals surface area (Å²) in [5, 5.41) is 2.59. The summed E-state index contributed by atoms with van der Waals surface area (Å²) in [5.41, 5.74) is -0.349. The quantitative estimate of drug-likeness (QED) is 0.462. The summed E-state index contributed by atoms with van der Waals surface area (Å²) in [5.74, 6) is -0.583. The van der Waals surface area contributed by atoms with Crippen LogP contribution in [0.15, 0.2) is 29.2 Å². The van der Waals surface area contributed by atoms with Gasteiger partial charge in [-0.3, -0.25) is 9.59 Å². The molecule has 2 N–H and O–H groups in total. The summed E-state index contributed by atoms with van der Waals surface area (Å²) < 4.78 is 38.3. The van der Waals surface area contributed by atoms with Crippen LogP contribution in [0, 0.1) is 5.92 Å². The van der Waals surface area contributed by atoms with E-state index in [4.69, 9.17) is 9.47 Å². The molecule has 0 radical (unpaired) electrons. The van der Waals surface area contributed by atoms with E-state index in [2.05, 4.69) is 10.0 Å². The molecule has 35 heavy (non-hydrogen) atoms. The average molecular weight is 512 g/mol. The van der Waals surface area contributed by atoms with Gasteiger partial charge < -0.3 is 19.7 Å². The van der Waals surface area contributed by atoms with E-state index in [-0.39, 0.29) is 42.7 Å². The van der Waals surface area contributed by atoms with Crippen LogP contribution in [-0.2, 0) is 24.3 Å². The van der Waals surface area contributed by atoms with Crippen LogP contribution in [-0.4, -0.2) is 69.7 Å². The molecular formula is C24H37N3O7S. The predicted octanol–water partition coefficient (Wildman–Crippen LogP) is 2.69. The van der Waals surface area contributed by atoms with Crippen molar-refractivity contribution in [3.8, 4) is 0 Å². The molecule has 0 spiro atoms. The maximum absolute atomic E-state index is 12.7. The summed E-state index contributed by atoms with van der Waals surface area (Å²) in [6.45, 7) is 8.99. The summed E-state index contributed by atoms with van der Waals surface area (Å²) in [6.07, 6.45) is 1.93. The van der Waals surface area contributed by atoms with Crippen molar-refractivity contribution in [1.29, 1.82) is 0 Å². The van der Waals surface area contributed by atoms with Gasteiger partial charge in [0.25, 0.3) is 5.91 Å². The van der Waals surface area contributed by atoms with Crippen LogP contribution in [0.5, 0.6) is 0 Å². The standard InChI is InChI=1S/C24H37N3O7S/c1-5-33-21(28)10-13-25-22(29)19-7-6-8-20(17-19)35(31,32)26-14-9-18-11-15-27(16-12-18)23(30)34-24(2,3)4/h6-8,17-18,26H,5,9-16H2,1-4H3,(H,25,29). The highest BCUT2D eigenvalue weighted by Gasteiger charge is 2.27. The Kier molecular flexibility index (Phi) is 10.5. The lowest BCUT2D eigenvalue weighted by atomic mass is 9.94. The van der Waals surface area contributed by atoms with Gasteiger partial charge in [-0.15, -0.1) is 0 Å². The summed E-state index contributed by atoms with van der Waals surface area (Å²) >= 11 is 0. The largest absolute Gasteiger partial charge is 0.466 e. The first kappa shape index (κ1) is 28.6. The first-order chi connectivity index (χ1) is 16.4. The second kappa shape index (κ2) is 12.9. The Hall–Kier alpha value is -2.66. The lowest BCUT2D eigenvalue weighted by molar-refractivity contribution is -0.142. The Morgan fingerprint density at radius 2 is 1.80 bits per heavy atom. The van der Waals surface area contributed by atoms with E-state index in [1.54, 1.807) is 11.8 Å². The van der Waals surface area contributed by atoms with Gasteiger partial charge >= 0.3 is 12.1 Å². The van der Waals surface area contributed by atoms with Crippen molar-refractivity contribution in [2.45, 2.75) is 63.9 Å². The number of carbonyl (C=O) groups is 3. The number of piperidine rings is 1. The third-order valence-corrected chi connectivity index (χ3v) is 6.90. The van der Waals surface area contributed by atoms with Crippen molar-refractivity contribution >= 4 is 28.0 Å². The molecule has 10 nitrogen and oxygen atoms in total. The van der Waals surface area contributed by atoms with Crippen molar-refractivity contribution in [3.05, 3.63) is 29.8 Å². The molecule has 1 aromatic rings. The molecule has 0 unspecified atom stereocenters. The maximum atomic E-state index is 12.7. The summed E-state index contributed by atoms with van der Waals surface area (Å²) in [4.78, 5) is 37.6. The van der Waals surface area contributed by atoms with Gasteiger partial charge in [0.2, 0.25) is 10.0 Å². The number of ether oxygens (including phenoxy) is 2. The molecular weight excluding hydrogens is 474 g/mol. The highest BCUT2D eigenvalue weighted by atomic mass is 32.2. The van der Waals surface area contributed by atoms with E-state index in [1.807, 2.05) is 20.8 Å². The van der Waals surface area contributed by atoms with E-state index >= 15 is 0 Å². The van der Waals surface area contributed by atoms with Gasteiger partial charge in [0.1, 0.15) is 5.60 Å². The zero-order valence-corrected chi connectivity index (χ0v) is 21.8. The van der Waals surface area contributed by atoms with Crippen molar-refractivity contribution in [1.82, 2.24) is 14.9 Å². The van der Waals surface area contributed by atoms with Crippen LogP contribution in [0.4, 0.5) is 4.79 Å². The molecule has 1 aliphatic rings. The predicted molar refractivity (Wildman–Crippen MR) is 130 cm³/mol. The Labute approximate surface area is 207 Å². The summed E-state index contributed by atoms with van der Waals surface area (Å²) in [7, 11) is -3.79. The number of hydrogen-bond acceptors (Lipinski definition) is 7. The van der Waals surface area contributed by atoms with Crippen LogP contribution in [0.2, 0.25) is 0 Å². The number of likely N-dealkylation sites (tertiary alicyclic amines) is 1.